The van der Waals surface area contributed by atoms with E-state index in [1.807, 2.05) is 43.3 Å². The maximum Gasteiger partial charge on any atom is 0.330 e. The van der Waals surface area contributed by atoms with Crippen LogP contribution < -0.4 is 21.9 Å². The molecule has 0 radical (unpaired) electrons. The van der Waals surface area contributed by atoms with E-state index in [4.69, 9.17) is 14.6 Å². The molecule has 0 aliphatic rings. The average Bonchev–Trinajstić information content (AvgIpc) is 3.53. The number of unbranched alkanes of at least 4 members (excludes halogenated alkanes) is 1. The van der Waals surface area contributed by atoms with Crippen LogP contribution in [0, 0.1) is 0 Å². The van der Waals surface area contributed by atoms with Crippen LogP contribution in [0.25, 0.3) is 21.7 Å². The molecule has 36 heavy (non-hydrogen) atoms. The average molecular weight is 487 g/mol. The topological polar surface area (TPSA) is 127 Å². The summed E-state index contributed by atoms with van der Waals surface area (Å²) in [5, 5.41) is 2.83. The van der Waals surface area contributed by atoms with Crippen LogP contribution in [-0.4, -0.2) is 15.5 Å². The molecule has 1 amide bonds. The van der Waals surface area contributed by atoms with Gasteiger partial charge in [0.15, 0.2) is 5.69 Å². The second kappa shape index (κ2) is 9.61. The maximum absolute atomic E-state index is 13.8. The normalized spacial score (nSPS) is 11.4. The number of aromatic nitrogens is 2. The number of carbonyl (C=O) groups excluding carboxylic acids is 1. The molecule has 0 aliphatic carbocycles. The summed E-state index contributed by atoms with van der Waals surface area (Å²) in [5.41, 5.74) is 6.27. The molecule has 5 aromatic rings. The molecule has 0 aliphatic heterocycles. The van der Waals surface area contributed by atoms with Crippen LogP contribution in [0.15, 0.2) is 79.5 Å². The highest BCUT2D eigenvalue weighted by Gasteiger charge is 2.26. The summed E-state index contributed by atoms with van der Waals surface area (Å²) in [6.07, 6.45) is 4.53. The highest BCUT2D eigenvalue weighted by molar-refractivity contribution is 6.09. The third-order valence-electron chi connectivity index (χ3n) is 6.30. The number of fused-ring (bicyclic) bond motifs is 3. The number of furan rings is 2. The van der Waals surface area contributed by atoms with Crippen molar-refractivity contribution < 1.29 is 13.6 Å². The largest absolute Gasteiger partial charge is 0.467 e. The number of benzene rings is 2. The molecule has 3 N–H and O–H groups in total. The summed E-state index contributed by atoms with van der Waals surface area (Å²) in [4.78, 5) is 42.8. The second-order valence-electron chi connectivity index (χ2n) is 8.66. The first-order valence-corrected chi connectivity index (χ1v) is 11.8. The fraction of sp³-hybridized carbons (Fsp3) is 0.222. The molecule has 9 nitrogen and oxygen atoms in total. The quantitative estimate of drug-likeness (QED) is 0.339. The Labute approximate surface area is 205 Å². The number of hydrogen-bond acceptors (Lipinski definition) is 6. The third kappa shape index (κ3) is 4.19. The van der Waals surface area contributed by atoms with Gasteiger partial charge in [0, 0.05) is 17.5 Å². The van der Waals surface area contributed by atoms with Crippen LogP contribution in [0.4, 0.5) is 11.5 Å². The van der Waals surface area contributed by atoms with E-state index in [0.29, 0.717) is 29.9 Å². The Morgan fingerprint density at radius 1 is 1.08 bits per heavy atom. The number of anilines is 2. The smallest absolute Gasteiger partial charge is 0.330 e. The van der Waals surface area contributed by atoms with E-state index in [1.165, 1.54) is 15.7 Å². The molecule has 9 heteroatoms. The van der Waals surface area contributed by atoms with Gasteiger partial charge in [-0.25, -0.2) is 4.79 Å². The van der Waals surface area contributed by atoms with Crippen molar-refractivity contribution in [2.75, 3.05) is 10.6 Å². The number of nitrogens with zero attached hydrogens (tertiary/aromatic N) is 2. The summed E-state index contributed by atoms with van der Waals surface area (Å²) in [5.74, 6) is 0.0236. The zero-order valence-corrected chi connectivity index (χ0v) is 19.8. The van der Waals surface area contributed by atoms with E-state index in [1.54, 1.807) is 18.4 Å². The van der Waals surface area contributed by atoms with E-state index in [-0.39, 0.29) is 30.4 Å². The standard InChI is InChI=1S/C27H26N4O5/c1-2-3-12-30-25(28)24(26(33)29-27(30)34)31(15-19-8-6-13-35-19)22(32)14-18-16-36-21-11-10-17-7-4-5-9-20(17)23(18)21/h4-11,13,16H,2-3,12,14-15,28H2,1H3,(H,29,33,34). The predicted molar refractivity (Wildman–Crippen MR) is 138 cm³/mol. The van der Waals surface area contributed by atoms with Gasteiger partial charge in [0.2, 0.25) is 5.91 Å². The molecule has 184 valence electrons. The zero-order valence-electron chi connectivity index (χ0n) is 19.8. The summed E-state index contributed by atoms with van der Waals surface area (Å²) < 4.78 is 12.5. The molecule has 0 atom stereocenters. The van der Waals surface area contributed by atoms with Crippen LogP contribution in [0.1, 0.15) is 31.1 Å². The van der Waals surface area contributed by atoms with Crippen molar-refractivity contribution in [1.82, 2.24) is 9.55 Å². The molecule has 2 aromatic carbocycles. The molecule has 0 fully saturated rings. The van der Waals surface area contributed by atoms with Crippen molar-refractivity contribution in [2.24, 2.45) is 0 Å². The molecule has 3 aromatic heterocycles. The van der Waals surface area contributed by atoms with Gasteiger partial charge in [-0.2, -0.15) is 0 Å². The minimum absolute atomic E-state index is 0.0262. The number of rotatable bonds is 8. The molecule has 0 unspecified atom stereocenters. The number of aromatic amines is 1. The minimum Gasteiger partial charge on any atom is -0.467 e. The van der Waals surface area contributed by atoms with Crippen molar-refractivity contribution >= 4 is 39.2 Å². The van der Waals surface area contributed by atoms with E-state index in [0.717, 1.165) is 22.6 Å². The highest BCUT2D eigenvalue weighted by Crippen LogP contribution is 2.31. The van der Waals surface area contributed by atoms with Crippen LogP contribution in [0.5, 0.6) is 0 Å². The lowest BCUT2D eigenvalue weighted by Crippen LogP contribution is -2.41. The lowest BCUT2D eigenvalue weighted by Gasteiger charge is -2.23. The molecule has 0 spiro atoms. The van der Waals surface area contributed by atoms with Gasteiger partial charge < -0.3 is 14.6 Å². The van der Waals surface area contributed by atoms with Crippen LogP contribution in [-0.2, 0) is 24.3 Å². The summed E-state index contributed by atoms with van der Waals surface area (Å²) in [7, 11) is 0. The Bertz CT molecular complexity index is 1660. The Hall–Kier alpha value is -4.53. The van der Waals surface area contributed by atoms with Crippen molar-refractivity contribution in [3.05, 3.63) is 93.2 Å². The first-order chi connectivity index (χ1) is 17.5. The number of nitrogen functional groups attached to an aromatic ring is 1. The number of carbonyl (C=O) groups is 1. The first kappa shape index (κ1) is 23.2. The number of amides is 1. The summed E-state index contributed by atoms with van der Waals surface area (Å²) in [6.45, 7) is 2.28. The van der Waals surface area contributed by atoms with E-state index in [2.05, 4.69) is 4.98 Å². The van der Waals surface area contributed by atoms with Gasteiger partial charge in [0.25, 0.3) is 5.56 Å². The monoisotopic (exact) mass is 486 g/mol. The number of hydrogen-bond donors (Lipinski definition) is 2. The molecule has 5 rings (SSSR count). The van der Waals surface area contributed by atoms with E-state index < -0.39 is 11.2 Å². The van der Waals surface area contributed by atoms with Crippen molar-refractivity contribution in [3.8, 4) is 0 Å². The second-order valence-corrected chi connectivity index (χ2v) is 8.66. The lowest BCUT2D eigenvalue weighted by molar-refractivity contribution is -0.118. The Morgan fingerprint density at radius 2 is 1.92 bits per heavy atom. The van der Waals surface area contributed by atoms with Crippen LogP contribution in [0.2, 0.25) is 0 Å². The van der Waals surface area contributed by atoms with Gasteiger partial charge in [-0.05, 0) is 35.4 Å². The van der Waals surface area contributed by atoms with Gasteiger partial charge in [-0.1, -0.05) is 43.7 Å². The zero-order chi connectivity index (χ0) is 25.2. The number of H-pyrrole nitrogens is 1. The van der Waals surface area contributed by atoms with Crippen molar-refractivity contribution in [1.29, 1.82) is 0 Å². The number of nitrogens with one attached hydrogen (secondary N) is 1. The van der Waals surface area contributed by atoms with Gasteiger partial charge in [0.05, 0.1) is 25.5 Å². The maximum atomic E-state index is 13.8. The van der Waals surface area contributed by atoms with Crippen molar-refractivity contribution in [3.63, 3.8) is 0 Å². The van der Waals surface area contributed by atoms with Gasteiger partial charge in [-0.15, -0.1) is 0 Å². The fourth-order valence-electron chi connectivity index (χ4n) is 4.49. The van der Waals surface area contributed by atoms with Gasteiger partial charge >= 0.3 is 5.69 Å². The fourth-order valence-corrected chi connectivity index (χ4v) is 4.49. The highest BCUT2D eigenvalue weighted by atomic mass is 16.3. The Kier molecular flexibility index (Phi) is 6.20. The molecule has 0 bridgehead atoms. The SMILES string of the molecule is CCCCn1c(N)c(N(Cc2ccco2)C(=O)Cc2coc3ccc4ccccc4c23)c(=O)[nH]c1=O. The Balaban J connectivity index is 1.60. The lowest BCUT2D eigenvalue weighted by atomic mass is 10.0. The summed E-state index contributed by atoms with van der Waals surface area (Å²) >= 11 is 0. The first-order valence-electron chi connectivity index (χ1n) is 11.8. The van der Waals surface area contributed by atoms with Crippen molar-refractivity contribution in [2.45, 2.75) is 39.3 Å². The third-order valence-corrected chi connectivity index (χ3v) is 6.30. The molecular formula is C27H26N4O5. The minimum atomic E-state index is -0.729. The van der Waals surface area contributed by atoms with E-state index in [9.17, 15) is 14.4 Å². The Morgan fingerprint density at radius 3 is 2.69 bits per heavy atom. The van der Waals surface area contributed by atoms with Gasteiger partial charge in [0.1, 0.15) is 17.2 Å². The van der Waals surface area contributed by atoms with E-state index >= 15 is 0 Å². The predicted octanol–water partition coefficient (Wildman–Crippen LogP) is 4.19. The summed E-state index contributed by atoms with van der Waals surface area (Å²) in [6, 6.07) is 15.1. The molecule has 0 saturated carbocycles. The molecular weight excluding hydrogens is 460 g/mol. The van der Waals surface area contributed by atoms with Gasteiger partial charge in [-0.3, -0.25) is 24.0 Å². The van der Waals surface area contributed by atoms with Crippen LogP contribution >= 0.6 is 0 Å². The molecule has 3 heterocycles. The van der Waals surface area contributed by atoms with Crippen LogP contribution in [0.3, 0.4) is 0 Å². The molecule has 0 saturated heterocycles. The number of nitrogens with two attached hydrogens (primary N) is 1.